The molecular formula is C32H25N5O4. The van der Waals surface area contributed by atoms with Gasteiger partial charge in [-0.3, -0.25) is 0 Å². The third-order valence-corrected chi connectivity index (χ3v) is 7.17. The molecule has 202 valence electrons. The lowest BCUT2D eigenvalue weighted by atomic mass is 9.83. The van der Waals surface area contributed by atoms with E-state index in [0.717, 1.165) is 50.3 Å². The van der Waals surface area contributed by atoms with Gasteiger partial charge in [-0.05, 0) is 52.9 Å². The number of hydrogen-bond donors (Lipinski definition) is 0. The van der Waals surface area contributed by atoms with Gasteiger partial charge in [0.2, 0.25) is 5.88 Å². The molecule has 0 radical (unpaired) electrons. The number of fused-ring (bicyclic) bond motifs is 6. The molecule has 0 unspecified atom stereocenters. The number of methoxy groups -OCH3 is 2. The van der Waals surface area contributed by atoms with E-state index in [-0.39, 0.29) is 12.5 Å². The van der Waals surface area contributed by atoms with E-state index < -0.39 is 0 Å². The Morgan fingerprint density at radius 1 is 0.902 bits per heavy atom. The topological polar surface area (TPSA) is 92.4 Å². The van der Waals surface area contributed by atoms with Crippen molar-refractivity contribution in [2.45, 2.75) is 12.5 Å². The molecule has 0 bridgehead atoms. The van der Waals surface area contributed by atoms with Gasteiger partial charge in [-0.15, -0.1) is 5.10 Å². The average molecular weight is 544 g/mol. The zero-order valence-electron chi connectivity index (χ0n) is 22.4. The Bertz CT molecular complexity index is 1900. The van der Waals surface area contributed by atoms with E-state index in [2.05, 4.69) is 51.6 Å². The molecule has 9 nitrogen and oxygen atoms in total. The Morgan fingerprint density at radius 2 is 1.66 bits per heavy atom. The van der Waals surface area contributed by atoms with Gasteiger partial charge in [-0.25, -0.2) is 14.5 Å². The van der Waals surface area contributed by atoms with Gasteiger partial charge in [-0.1, -0.05) is 53.7 Å². The van der Waals surface area contributed by atoms with Crippen LogP contribution in [0.25, 0.3) is 16.4 Å². The first kappa shape index (κ1) is 24.6. The molecule has 9 heteroatoms. The highest BCUT2D eigenvalue weighted by molar-refractivity contribution is 5.91. The molecule has 6 aromatic rings. The second-order valence-electron chi connectivity index (χ2n) is 9.55. The first-order valence-electron chi connectivity index (χ1n) is 13.1. The smallest absolute Gasteiger partial charge is 0.228 e. The minimum atomic E-state index is -0.188. The zero-order chi connectivity index (χ0) is 27.8. The third-order valence-electron chi connectivity index (χ3n) is 7.17. The Labute approximate surface area is 235 Å². The standard InChI is InChI=1S/C32H25N5O4/c1-38-23-12-7-20(8-13-23)17-34-40-18-27-35-31-29-28(22-9-14-24(39-2)15-10-22)26-16-11-21-5-3-4-6-25(21)30(26)41-32(29)33-19-37(31)36-27/h3-17,19,28H,18H2,1-2H3/b34-17-/t28-/m1/s1. The molecule has 1 atom stereocenters. The van der Waals surface area contributed by atoms with Crippen LogP contribution in [0.4, 0.5) is 0 Å². The van der Waals surface area contributed by atoms with Crippen molar-refractivity contribution in [2.75, 3.05) is 14.2 Å². The minimum absolute atomic E-state index is 0.0956. The maximum Gasteiger partial charge on any atom is 0.228 e. The van der Waals surface area contributed by atoms with Crippen LogP contribution < -0.4 is 14.2 Å². The van der Waals surface area contributed by atoms with Crippen molar-refractivity contribution in [3.05, 3.63) is 119 Å². The summed E-state index contributed by atoms with van der Waals surface area (Å²) >= 11 is 0. The monoisotopic (exact) mass is 543 g/mol. The van der Waals surface area contributed by atoms with Crippen molar-refractivity contribution in [3.8, 4) is 23.1 Å². The van der Waals surface area contributed by atoms with Gasteiger partial charge < -0.3 is 19.0 Å². The van der Waals surface area contributed by atoms with Crippen molar-refractivity contribution in [1.82, 2.24) is 19.6 Å². The average Bonchev–Trinajstić information content (AvgIpc) is 3.46. The number of oxime groups is 1. The van der Waals surface area contributed by atoms with Crippen LogP contribution in [0.1, 0.15) is 34.0 Å². The molecule has 0 aliphatic carbocycles. The molecule has 7 rings (SSSR count). The van der Waals surface area contributed by atoms with E-state index >= 15 is 0 Å². The first-order chi connectivity index (χ1) is 20.2. The lowest BCUT2D eigenvalue weighted by Crippen LogP contribution is -2.15. The van der Waals surface area contributed by atoms with Crippen LogP contribution in [-0.2, 0) is 11.4 Å². The normalized spacial score (nSPS) is 14.0. The predicted octanol–water partition coefficient (Wildman–Crippen LogP) is 6.13. The minimum Gasteiger partial charge on any atom is -0.497 e. The van der Waals surface area contributed by atoms with E-state index in [1.807, 2.05) is 48.5 Å². The second-order valence-corrected chi connectivity index (χ2v) is 9.55. The summed E-state index contributed by atoms with van der Waals surface area (Å²) < 4.78 is 18.8. The number of benzene rings is 4. The van der Waals surface area contributed by atoms with Crippen LogP contribution in [0, 0.1) is 0 Å². The van der Waals surface area contributed by atoms with E-state index in [4.69, 9.17) is 24.0 Å². The molecular weight excluding hydrogens is 518 g/mol. The summed E-state index contributed by atoms with van der Waals surface area (Å²) in [5, 5.41) is 10.8. The quantitative estimate of drug-likeness (QED) is 0.176. The Hall–Kier alpha value is -5.44. The molecule has 0 fully saturated rings. The molecule has 2 aromatic heterocycles. The van der Waals surface area contributed by atoms with Gasteiger partial charge in [0.1, 0.15) is 23.6 Å². The SMILES string of the molecule is COc1ccc(/C=N\OCc2nc3c4c(ncn3n2)Oc2c(ccc3ccccc23)[C@H]4c2ccc(OC)cc2)cc1. The van der Waals surface area contributed by atoms with Crippen molar-refractivity contribution < 1.29 is 19.0 Å². The van der Waals surface area contributed by atoms with E-state index in [0.29, 0.717) is 17.4 Å². The Kier molecular flexibility index (Phi) is 6.16. The largest absolute Gasteiger partial charge is 0.497 e. The molecule has 0 saturated carbocycles. The molecule has 1 aliphatic rings. The maximum absolute atomic E-state index is 6.49. The Balaban J connectivity index is 1.26. The summed E-state index contributed by atoms with van der Waals surface area (Å²) in [6, 6.07) is 28.0. The van der Waals surface area contributed by atoms with Gasteiger partial charge in [-0.2, -0.15) is 0 Å². The van der Waals surface area contributed by atoms with E-state index in [1.54, 1.807) is 31.3 Å². The molecule has 0 spiro atoms. The van der Waals surface area contributed by atoms with Gasteiger partial charge in [0.05, 0.1) is 26.0 Å². The van der Waals surface area contributed by atoms with Crippen LogP contribution in [0.5, 0.6) is 23.1 Å². The zero-order valence-corrected chi connectivity index (χ0v) is 22.4. The van der Waals surface area contributed by atoms with Crippen molar-refractivity contribution in [2.24, 2.45) is 5.16 Å². The number of hydrogen-bond acceptors (Lipinski definition) is 8. The van der Waals surface area contributed by atoms with Crippen LogP contribution in [0.3, 0.4) is 0 Å². The summed E-state index contributed by atoms with van der Waals surface area (Å²) in [5.41, 5.74) is 4.46. The van der Waals surface area contributed by atoms with Crippen molar-refractivity contribution >= 4 is 22.6 Å². The highest BCUT2D eigenvalue weighted by Crippen LogP contribution is 2.50. The van der Waals surface area contributed by atoms with Crippen LogP contribution >= 0.6 is 0 Å². The summed E-state index contributed by atoms with van der Waals surface area (Å²) in [6.07, 6.45) is 3.25. The number of nitrogens with zero attached hydrogens (tertiary/aromatic N) is 5. The Morgan fingerprint density at radius 3 is 2.44 bits per heavy atom. The van der Waals surface area contributed by atoms with E-state index in [1.165, 1.54) is 0 Å². The molecule has 0 saturated heterocycles. The number of rotatable bonds is 7. The second kappa shape index (κ2) is 10.3. The third kappa shape index (κ3) is 4.47. The van der Waals surface area contributed by atoms with Gasteiger partial charge in [0.15, 0.2) is 18.1 Å². The molecule has 0 N–H and O–H groups in total. The summed E-state index contributed by atoms with van der Waals surface area (Å²) in [7, 11) is 3.29. The fraction of sp³-hybridized carbons (Fsp3) is 0.125. The number of ether oxygens (including phenoxy) is 3. The first-order valence-corrected chi connectivity index (χ1v) is 13.1. The molecule has 1 aliphatic heterocycles. The lowest BCUT2D eigenvalue weighted by molar-refractivity contribution is 0.126. The van der Waals surface area contributed by atoms with Crippen molar-refractivity contribution in [3.63, 3.8) is 0 Å². The van der Waals surface area contributed by atoms with Crippen molar-refractivity contribution in [1.29, 1.82) is 0 Å². The van der Waals surface area contributed by atoms with Gasteiger partial charge >= 0.3 is 0 Å². The summed E-state index contributed by atoms with van der Waals surface area (Å²) in [5.74, 6) is 3.15. The van der Waals surface area contributed by atoms with Crippen LogP contribution in [0.2, 0.25) is 0 Å². The molecule has 0 amide bonds. The summed E-state index contributed by atoms with van der Waals surface area (Å²) in [6.45, 7) is 0.0956. The number of aromatic nitrogens is 4. The molecule has 3 heterocycles. The predicted molar refractivity (Wildman–Crippen MR) is 154 cm³/mol. The highest BCUT2D eigenvalue weighted by Gasteiger charge is 2.34. The fourth-order valence-corrected chi connectivity index (χ4v) is 5.18. The highest BCUT2D eigenvalue weighted by atomic mass is 16.6. The molecule has 41 heavy (non-hydrogen) atoms. The maximum atomic E-state index is 6.49. The fourth-order valence-electron chi connectivity index (χ4n) is 5.18. The summed E-state index contributed by atoms with van der Waals surface area (Å²) in [4.78, 5) is 15.0. The van der Waals surface area contributed by atoms with Gasteiger partial charge in [0.25, 0.3) is 0 Å². The van der Waals surface area contributed by atoms with E-state index in [9.17, 15) is 0 Å². The molecule has 4 aromatic carbocycles. The lowest BCUT2D eigenvalue weighted by Gasteiger charge is -2.28. The van der Waals surface area contributed by atoms with Crippen LogP contribution in [-0.4, -0.2) is 40.0 Å². The van der Waals surface area contributed by atoms with Gasteiger partial charge in [0, 0.05) is 16.9 Å². The van der Waals surface area contributed by atoms with Crippen LogP contribution in [0.15, 0.2) is 96.4 Å².